The first-order valence-electron chi connectivity index (χ1n) is 14.6. The molecule has 2 aromatic rings. The molecular formula is C33H44N2O5. The maximum absolute atomic E-state index is 12.6. The first kappa shape index (κ1) is 30.9. The number of allylic oxidation sites excluding steroid dienone is 1. The Labute approximate surface area is 238 Å². The molecule has 2 N–H and O–H groups in total. The van der Waals surface area contributed by atoms with E-state index in [9.17, 15) is 14.4 Å². The smallest absolute Gasteiger partial charge is 0.407 e. The second kappa shape index (κ2) is 17.2. The van der Waals surface area contributed by atoms with Gasteiger partial charge in [0.15, 0.2) is 0 Å². The lowest BCUT2D eigenvalue weighted by Gasteiger charge is -2.18. The van der Waals surface area contributed by atoms with Crippen LogP contribution in [0.2, 0.25) is 0 Å². The van der Waals surface area contributed by atoms with Gasteiger partial charge in [0.25, 0.3) is 0 Å². The van der Waals surface area contributed by atoms with E-state index in [1.54, 1.807) is 0 Å². The van der Waals surface area contributed by atoms with Gasteiger partial charge in [-0.25, -0.2) is 9.59 Å². The fourth-order valence-electron chi connectivity index (χ4n) is 5.24. The van der Waals surface area contributed by atoms with Crippen LogP contribution in [-0.2, 0) is 19.1 Å². The van der Waals surface area contributed by atoms with E-state index in [4.69, 9.17) is 9.47 Å². The SMILES string of the molecule is C=CCCCCCCCCC(=O)NCCCC[C@H](NC(=O)OCC1c2ccccc2-c2ccccc21)C(=O)OC. The van der Waals surface area contributed by atoms with E-state index in [1.165, 1.54) is 26.4 Å². The van der Waals surface area contributed by atoms with Crippen LogP contribution < -0.4 is 10.6 Å². The molecule has 40 heavy (non-hydrogen) atoms. The van der Waals surface area contributed by atoms with Crippen molar-refractivity contribution < 1.29 is 23.9 Å². The summed E-state index contributed by atoms with van der Waals surface area (Å²) in [5.41, 5.74) is 4.56. The summed E-state index contributed by atoms with van der Waals surface area (Å²) in [6.45, 7) is 4.46. The zero-order chi connectivity index (χ0) is 28.6. The lowest BCUT2D eigenvalue weighted by Crippen LogP contribution is -2.42. The molecule has 0 heterocycles. The molecule has 1 aliphatic rings. The Hall–Kier alpha value is -3.61. The van der Waals surface area contributed by atoms with E-state index in [-0.39, 0.29) is 18.4 Å². The van der Waals surface area contributed by atoms with Crippen molar-refractivity contribution in [2.75, 3.05) is 20.3 Å². The number of hydrogen-bond acceptors (Lipinski definition) is 5. The summed E-state index contributed by atoms with van der Waals surface area (Å²) in [4.78, 5) is 37.0. The molecule has 0 radical (unpaired) electrons. The van der Waals surface area contributed by atoms with Gasteiger partial charge in [0.2, 0.25) is 5.91 Å². The van der Waals surface area contributed by atoms with Crippen molar-refractivity contribution in [1.29, 1.82) is 0 Å². The maximum Gasteiger partial charge on any atom is 0.407 e. The number of benzene rings is 2. The second-order valence-corrected chi connectivity index (χ2v) is 10.3. The van der Waals surface area contributed by atoms with Crippen LogP contribution in [0.15, 0.2) is 61.2 Å². The Morgan fingerprint density at radius 1 is 0.875 bits per heavy atom. The third kappa shape index (κ3) is 9.54. The molecule has 0 spiro atoms. The summed E-state index contributed by atoms with van der Waals surface area (Å²) in [6.07, 6.45) is 11.5. The predicted octanol–water partition coefficient (Wildman–Crippen LogP) is 6.66. The number of fused-ring (bicyclic) bond motifs is 3. The molecule has 7 heteroatoms. The lowest BCUT2D eigenvalue weighted by atomic mass is 9.98. The van der Waals surface area contributed by atoms with E-state index >= 15 is 0 Å². The largest absolute Gasteiger partial charge is 0.467 e. The van der Waals surface area contributed by atoms with Crippen molar-refractivity contribution in [3.63, 3.8) is 0 Å². The van der Waals surface area contributed by atoms with Crippen LogP contribution in [0.25, 0.3) is 11.1 Å². The van der Waals surface area contributed by atoms with Crippen LogP contribution in [0, 0.1) is 0 Å². The number of carbonyl (C=O) groups is 3. The van der Waals surface area contributed by atoms with Gasteiger partial charge in [0.1, 0.15) is 12.6 Å². The zero-order valence-corrected chi connectivity index (χ0v) is 23.8. The van der Waals surface area contributed by atoms with Crippen molar-refractivity contribution in [3.8, 4) is 11.1 Å². The molecule has 2 amide bonds. The summed E-state index contributed by atoms with van der Waals surface area (Å²) in [5.74, 6) is -0.504. The predicted molar refractivity (Wildman–Crippen MR) is 158 cm³/mol. The minimum Gasteiger partial charge on any atom is -0.467 e. The van der Waals surface area contributed by atoms with Crippen molar-refractivity contribution in [3.05, 3.63) is 72.3 Å². The maximum atomic E-state index is 12.6. The van der Waals surface area contributed by atoms with E-state index < -0.39 is 18.1 Å². The number of hydrogen-bond donors (Lipinski definition) is 2. The van der Waals surface area contributed by atoms with Crippen molar-refractivity contribution in [1.82, 2.24) is 10.6 Å². The van der Waals surface area contributed by atoms with Gasteiger partial charge in [-0.2, -0.15) is 0 Å². The molecule has 1 atom stereocenters. The second-order valence-electron chi connectivity index (χ2n) is 10.3. The highest BCUT2D eigenvalue weighted by atomic mass is 16.6. The van der Waals surface area contributed by atoms with Gasteiger partial charge < -0.3 is 20.1 Å². The quantitative estimate of drug-likeness (QED) is 0.123. The average Bonchev–Trinajstić information content (AvgIpc) is 3.29. The van der Waals surface area contributed by atoms with Gasteiger partial charge >= 0.3 is 12.1 Å². The highest BCUT2D eigenvalue weighted by Gasteiger charge is 2.29. The summed E-state index contributed by atoms with van der Waals surface area (Å²) < 4.78 is 10.5. The standard InChI is InChI=1S/C33H44N2O5/c1-3-4-5-6-7-8-9-10-22-31(36)34-23-16-15-21-30(32(37)39-2)35-33(38)40-24-29-27-19-13-11-17-25(27)26-18-12-14-20-28(26)29/h3,11-14,17-20,29-30H,1,4-10,15-16,21-24H2,2H3,(H,34,36)(H,35,38)/t30-/m0/s1. The third-order valence-corrected chi connectivity index (χ3v) is 7.43. The summed E-state index contributed by atoms with van der Waals surface area (Å²) in [5, 5.41) is 5.62. The third-order valence-electron chi connectivity index (χ3n) is 7.43. The number of unbranched alkanes of at least 4 members (excludes halogenated alkanes) is 7. The number of rotatable bonds is 18. The van der Waals surface area contributed by atoms with E-state index in [0.29, 0.717) is 32.2 Å². The molecule has 7 nitrogen and oxygen atoms in total. The van der Waals surface area contributed by atoms with Crippen LogP contribution in [0.1, 0.15) is 87.7 Å². The van der Waals surface area contributed by atoms with Gasteiger partial charge in [-0.3, -0.25) is 4.79 Å². The minimum atomic E-state index is -0.803. The van der Waals surface area contributed by atoms with Gasteiger partial charge in [-0.1, -0.05) is 80.3 Å². The molecule has 0 saturated carbocycles. The van der Waals surface area contributed by atoms with Crippen LogP contribution in [0.5, 0.6) is 0 Å². The number of amides is 2. The molecule has 1 aliphatic carbocycles. The first-order valence-corrected chi connectivity index (χ1v) is 14.6. The monoisotopic (exact) mass is 548 g/mol. The Kier molecular flexibility index (Phi) is 13.3. The zero-order valence-electron chi connectivity index (χ0n) is 23.8. The molecule has 0 saturated heterocycles. The number of carbonyl (C=O) groups excluding carboxylic acids is 3. The molecule has 2 aromatic carbocycles. The molecule has 0 aromatic heterocycles. The molecular weight excluding hydrogens is 504 g/mol. The molecule has 0 fully saturated rings. The van der Waals surface area contributed by atoms with Crippen molar-refractivity contribution in [2.45, 2.75) is 82.6 Å². The van der Waals surface area contributed by atoms with E-state index in [0.717, 1.165) is 47.9 Å². The van der Waals surface area contributed by atoms with Crippen molar-refractivity contribution in [2.24, 2.45) is 0 Å². The summed E-state index contributed by atoms with van der Waals surface area (Å²) in [6, 6.07) is 15.5. The number of alkyl carbamates (subject to hydrolysis) is 1. The number of esters is 1. The topological polar surface area (TPSA) is 93.7 Å². The number of nitrogens with one attached hydrogen (secondary N) is 2. The van der Waals surface area contributed by atoms with Crippen molar-refractivity contribution >= 4 is 18.0 Å². The molecule has 0 aliphatic heterocycles. The summed E-state index contributed by atoms with van der Waals surface area (Å²) in [7, 11) is 1.30. The van der Waals surface area contributed by atoms with Gasteiger partial charge in [0.05, 0.1) is 7.11 Å². The molecule has 0 bridgehead atoms. The van der Waals surface area contributed by atoms with E-state index in [2.05, 4.69) is 41.5 Å². The van der Waals surface area contributed by atoms with Crippen LogP contribution in [0.3, 0.4) is 0 Å². The molecule has 0 unspecified atom stereocenters. The van der Waals surface area contributed by atoms with Crippen LogP contribution >= 0.6 is 0 Å². The minimum absolute atomic E-state index is 0.0549. The number of ether oxygens (including phenoxy) is 2. The Balaban J connectivity index is 1.34. The normalized spacial score (nSPS) is 12.6. The van der Waals surface area contributed by atoms with Crippen LogP contribution in [0.4, 0.5) is 4.79 Å². The molecule has 3 rings (SSSR count). The summed E-state index contributed by atoms with van der Waals surface area (Å²) >= 11 is 0. The van der Waals surface area contributed by atoms with Gasteiger partial charge in [-0.15, -0.1) is 6.58 Å². The molecule has 216 valence electrons. The Morgan fingerprint density at radius 2 is 1.50 bits per heavy atom. The highest BCUT2D eigenvalue weighted by Crippen LogP contribution is 2.44. The fourth-order valence-corrected chi connectivity index (χ4v) is 5.24. The van der Waals surface area contributed by atoms with E-state index in [1.807, 2.05) is 30.3 Å². The van der Waals surface area contributed by atoms with Gasteiger partial charge in [0, 0.05) is 18.9 Å². The number of methoxy groups -OCH3 is 1. The first-order chi connectivity index (χ1) is 19.5. The fraction of sp³-hybridized carbons (Fsp3) is 0.485. The van der Waals surface area contributed by atoms with Crippen LogP contribution in [-0.4, -0.2) is 44.3 Å². The average molecular weight is 549 g/mol. The Morgan fingerprint density at radius 3 is 2.15 bits per heavy atom. The highest BCUT2D eigenvalue weighted by molar-refractivity contribution is 5.82. The van der Waals surface area contributed by atoms with Gasteiger partial charge in [-0.05, 0) is 60.8 Å². The Bertz CT molecular complexity index is 1070. The lowest BCUT2D eigenvalue weighted by molar-refractivity contribution is -0.143.